The second-order valence-corrected chi connectivity index (χ2v) is 7.07. The Morgan fingerprint density at radius 2 is 2.22 bits per heavy atom. The lowest BCUT2D eigenvalue weighted by atomic mass is 9.86. The first kappa shape index (κ1) is 16.4. The summed E-state index contributed by atoms with van der Waals surface area (Å²) in [6.07, 6.45) is 8.19. The number of nitrogens with zero attached hydrogens (tertiary/aromatic N) is 1. The largest absolute Gasteiger partial charge is 0.467 e. The molecule has 1 saturated carbocycles. The predicted molar refractivity (Wildman–Crippen MR) is 88.0 cm³/mol. The van der Waals surface area contributed by atoms with Gasteiger partial charge in [-0.2, -0.15) is 0 Å². The van der Waals surface area contributed by atoms with Crippen molar-refractivity contribution in [2.45, 2.75) is 70.1 Å². The minimum Gasteiger partial charge on any atom is -0.467 e. The molecule has 3 rings (SSSR count). The third-order valence-electron chi connectivity index (χ3n) is 5.43. The molecular weight excluding hydrogens is 292 g/mol. The van der Waals surface area contributed by atoms with E-state index in [4.69, 9.17) is 4.42 Å². The van der Waals surface area contributed by atoms with Crippen LogP contribution in [0.5, 0.6) is 0 Å². The van der Waals surface area contributed by atoms with Gasteiger partial charge in [-0.1, -0.05) is 19.8 Å². The van der Waals surface area contributed by atoms with Crippen molar-refractivity contribution in [3.8, 4) is 0 Å². The molecule has 5 heteroatoms. The van der Waals surface area contributed by atoms with E-state index in [1.807, 2.05) is 4.90 Å². The molecule has 4 atom stereocenters. The standard InChI is InChI=1S/C18H28N2O3/c1-13-6-2-3-8-15(13)19-18(22)20-10-4-7-14(20)12-16(21)17-9-5-11-23-17/h5,9,11,13-16,21H,2-4,6-8,10,12H2,1H3,(H,19,22). The topological polar surface area (TPSA) is 65.7 Å². The number of urea groups is 1. The van der Waals surface area contributed by atoms with Crippen LogP contribution in [0.15, 0.2) is 22.8 Å². The maximum atomic E-state index is 12.6. The van der Waals surface area contributed by atoms with Crippen LogP contribution in [-0.2, 0) is 0 Å². The lowest BCUT2D eigenvalue weighted by Crippen LogP contribution is -2.49. The zero-order chi connectivity index (χ0) is 16.2. The van der Waals surface area contributed by atoms with E-state index in [1.165, 1.54) is 19.3 Å². The number of rotatable bonds is 4. The summed E-state index contributed by atoms with van der Waals surface area (Å²) < 4.78 is 5.27. The number of aliphatic hydroxyl groups excluding tert-OH is 1. The van der Waals surface area contributed by atoms with Crippen LogP contribution in [0.4, 0.5) is 4.79 Å². The summed E-state index contributed by atoms with van der Waals surface area (Å²) in [5.41, 5.74) is 0. The number of hydrogen-bond acceptors (Lipinski definition) is 3. The number of nitrogens with one attached hydrogen (secondary N) is 1. The zero-order valence-electron chi connectivity index (χ0n) is 13.9. The van der Waals surface area contributed by atoms with Crippen LogP contribution in [0, 0.1) is 5.92 Å². The van der Waals surface area contributed by atoms with Crippen LogP contribution in [0.2, 0.25) is 0 Å². The first-order valence-corrected chi connectivity index (χ1v) is 8.93. The number of furan rings is 1. The van der Waals surface area contributed by atoms with Crippen molar-refractivity contribution < 1.29 is 14.3 Å². The smallest absolute Gasteiger partial charge is 0.317 e. The Balaban J connectivity index is 1.56. The number of amides is 2. The molecule has 128 valence electrons. The lowest BCUT2D eigenvalue weighted by Gasteiger charge is -2.33. The maximum absolute atomic E-state index is 12.6. The molecule has 1 aliphatic heterocycles. The molecular formula is C18H28N2O3. The number of carbonyl (C=O) groups excluding carboxylic acids is 1. The van der Waals surface area contributed by atoms with Crippen molar-refractivity contribution in [2.75, 3.05) is 6.54 Å². The molecule has 23 heavy (non-hydrogen) atoms. The van der Waals surface area contributed by atoms with Gasteiger partial charge in [0.1, 0.15) is 11.9 Å². The minimum absolute atomic E-state index is 0.0397. The van der Waals surface area contributed by atoms with Crippen LogP contribution in [0.25, 0.3) is 0 Å². The van der Waals surface area contributed by atoms with Gasteiger partial charge in [0, 0.05) is 25.0 Å². The van der Waals surface area contributed by atoms with Gasteiger partial charge in [0.2, 0.25) is 0 Å². The minimum atomic E-state index is -0.642. The number of carbonyl (C=O) groups is 1. The first-order valence-electron chi connectivity index (χ1n) is 8.93. The molecule has 2 N–H and O–H groups in total. The van der Waals surface area contributed by atoms with E-state index in [-0.39, 0.29) is 12.1 Å². The molecule has 2 fully saturated rings. The second-order valence-electron chi connectivity index (χ2n) is 7.07. The van der Waals surface area contributed by atoms with Gasteiger partial charge in [-0.05, 0) is 43.7 Å². The highest BCUT2D eigenvalue weighted by Gasteiger charge is 2.33. The van der Waals surface area contributed by atoms with Crippen molar-refractivity contribution in [3.63, 3.8) is 0 Å². The monoisotopic (exact) mass is 320 g/mol. The van der Waals surface area contributed by atoms with Gasteiger partial charge < -0.3 is 19.7 Å². The van der Waals surface area contributed by atoms with Gasteiger partial charge >= 0.3 is 6.03 Å². The van der Waals surface area contributed by atoms with Gasteiger partial charge in [-0.25, -0.2) is 4.79 Å². The van der Waals surface area contributed by atoms with Crippen molar-refractivity contribution in [2.24, 2.45) is 5.92 Å². The summed E-state index contributed by atoms with van der Waals surface area (Å²) in [5, 5.41) is 13.5. The molecule has 1 aromatic rings. The van der Waals surface area contributed by atoms with Crippen molar-refractivity contribution in [1.82, 2.24) is 10.2 Å². The van der Waals surface area contributed by atoms with Gasteiger partial charge in [-0.3, -0.25) is 0 Å². The summed E-state index contributed by atoms with van der Waals surface area (Å²) >= 11 is 0. The Kier molecular flexibility index (Phi) is 5.26. The molecule has 5 nitrogen and oxygen atoms in total. The van der Waals surface area contributed by atoms with Gasteiger partial charge in [-0.15, -0.1) is 0 Å². The SMILES string of the molecule is CC1CCCCC1NC(=O)N1CCCC1CC(O)c1ccco1. The quantitative estimate of drug-likeness (QED) is 0.893. The first-order chi connectivity index (χ1) is 11.1. The summed E-state index contributed by atoms with van der Waals surface area (Å²) in [6.45, 7) is 3.01. The molecule has 0 spiro atoms. The second kappa shape index (κ2) is 7.39. The molecule has 2 amide bonds. The van der Waals surface area contributed by atoms with E-state index in [0.717, 1.165) is 25.8 Å². The molecule has 0 bridgehead atoms. The average Bonchev–Trinajstić information content (AvgIpc) is 3.20. The third kappa shape index (κ3) is 3.89. The zero-order valence-corrected chi connectivity index (χ0v) is 13.9. The number of hydrogen-bond donors (Lipinski definition) is 2. The van der Waals surface area contributed by atoms with E-state index >= 15 is 0 Å². The summed E-state index contributed by atoms with van der Waals surface area (Å²) in [7, 11) is 0. The van der Waals surface area contributed by atoms with E-state index in [2.05, 4.69) is 12.2 Å². The maximum Gasteiger partial charge on any atom is 0.317 e. The Bertz CT molecular complexity index is 502. The highest BCUT2D eigenvalue weighted by Crippen LogP contribution is 2.29. The highest BCUT2D eigenvalue weighted by atomic mass is 16.4. The van der Waals surface area contributed by atoms with Crippen LogP contribution in [0.3, 0.4) is 0 Å². The Morgan fingerprint density at radius 1 is 1.39 bits per heavy atom. The van der Waals surface area contributed by atoms with E-state index in [1.54, 1.807) is 18.4 Å². The molecule has 0 aromatic carbocycles. The molecule has 1 saturated heterocycles. The fourth-order valence-electron chi connectivity index (χ4n) is 3.98. The Hall–Kier alpha value is -1.49. The molecule has 1 aromatic heterocycles. The number of likely N-dealkylation sites (tertiary alicyclic amines) is 1. The molecule has 0 radical (unpaired) electrons. The summed E-state index contributed by atoms with van der Waals surface area (Å²) in [5.74, 6) is 1.14. The average molecular weight is 320 g/mol. The summed E-state index contributed by atoms with van der Waals surface area (Å²) in [6, 6.07) is 4.00. The van der Waals surface area contributed by atoms with Gasteiger partial charge in [0.25, 0.3) is 0 Å². The Labute approximate surface area is 138 Å². The molecule has 1 aliphatic carbocycles. The van der Waals surface area contributed by atoms with E-state index < -0.39 is 6.10 Å². The normalized spacial score (nSPS) is 29.5. The van der Waals surface area contributed by atoms with Crippen molar-refractivity contribution >= 4 is 6.03 Å². The Morgan fingerprint density at radius 3 is 2.96 bits per heavy atom. The third-order valence-corrected chi connectivity index (χ3v) is 5.43. The number of aliphatic hydroxyl groups is 1. The van der Waals surface area contributed by atoms with E-state index in [0.29, 0.717) is 24.1 Å². The summed E-state index contributed by atoms with van der Waals surface area (Å²) in [4.78, 5) is 14.6. The highest BCUT2D eigenvalue weighted by molar-refractivity contribution is 5.75. The molecule has 2 aliphatic rings. The van der Waals surface area contributed by atoms with E-state index in [9.17, 15) is 9.90 Å². The van der Waals surface area contributed by atoms with Crippen LogP contribution in [-0.4, -0.2) is 34.7 Å². The fourth-order valence-corrected chi connectivity index (χ4v) is 3.98. The molecule has 2 heterocycles. The predicted octanol–water partition coefficient (Wildman–Crippen LogP) is 3.46. The van der Waals surface area contributed by atoms with Crippen LogP contribution in [0.1, 0.15) is 63.7 Å². The van der Waals surface area contributed by atoms with Crippen molar-refractivity contribution in [3.05, 3.63) is 24.2 Å². The molecule has 4 unspecified atom stereocenters. The van der Waals surface area contributed by atoms with Crippen molar-refractivity contribution in [1.29, 1.82) is 0 Å². The van der Waals surface area contributed by atoms with Gasteiger partial charge in [0.05, 0.1) is 6.26 Å². The van der Waals surface area contributed by atoms with Crippen LogP contribution < -0.4 is 5.32 Å². The fraction of sp³-hybridized carbons (Fsp3) is 0.722. The van der Waals surface area contributed by atoms with Crippen LogP contribution >= 0.6 is 0 Å². The van der Waals surface area contributed by atoms with Gasteiger partial charge in [0.15, 0.2) is 0 Å². The lowest BCUT2D eigenvalue weighted by molar-refractivity contribution is 0.106.